The van der Waals surface area contributed by atoms with Gasteiger partial charge in [0.1, 0.15) is 0 Å². The summed E-state index contributed by atoms with van der Waals surface area (Å²) >= 11 is 0. The van der Waals surface area contributed by atoms with E-state index in [0.29, 0.717) is 6.04 Å². The second kappa shape index (κ2) is 3.71. The van der Waals surface area contributed by atoms with Gasteiger partial charge in [0.05, 0.1) is 17.9 Å². The van der Waals surface area contributed by atoms with Gasteiger partial charge in [0.15, 0.2) is 0 Å². The quantitative estimate of drug-likeness (QED) is 0.727. The largest absolute Gasteiger partial charge is 0.326 e. The summed E-state index contributed by atoms with van der Waals surface area (Å²) in [5.74, 6) is 0. The van der Waals surface area contributed by atoms with Crippen molar-refractivity contribution in [2.24, 2.45) is 5.73 Å². The topological polar surface area (TPSA) is 57.9 Å². The predicted octanol–water partition coefficient (Wildman–Crippen LogP) is 0.676. The van der Waals surface area contributed by atoms with E-state index in [1.165, 1.54) is 11.3 Å². The summed E-state index contributed by atoms with van der Waals surface area (Å²) in [6, 6.07) is 0.505. The van der Waals surface area contributed by atoms with Crippen LogP contribution in [0.5, 0.6) is 0 Å². The van der Waals surface area contributed by atoms with Crippen molar-refractivity contribution in [1.82, 2.24) is 15.1 Å². The molecule has 0 saturated heterocycles. The minimum absolute atomic E-state index is 0.194. The Labute approximate surface area is 84.5 Å². The highest BCUT2D eigenvalue weighted by Crippen LogP contribution is 2.29. The van der Waals surface area contributed by atoms with E-state index in [1.807, 2.05) is 6.20 Å². The van der Waals surface area contributed by atoms with Crippen LogP contribution in [0.2, 0.25) is 0 Å². The number of rotatable bonds is 2. The molecule has 2 rings (SSSR count). The van der Waals surface area contributed by atoms with Crippen molar-refractivity contribution in [3.8, 4) is 0 Å². The molecule has 4 heteroatoms. The molecule has 0 saturated carbocycles. The van der Waals surface area contributed by atoms with Crippen molar-refractivity contribution in [2.45, 2.75) is 31.8 Å². The van der Waals surface area contributed by atoms with Crippen molar-refractivity contribution < 1.29 is 0 Å². The molecule has 3 N–H and O–H groups in total. The first-order valence-corrected chi connectivity index (χ1v) is 5.22. The van der Waals surface area contributed by atoms with Crippen molar-refractivity contribution in [2.75, 3.05) is 13.6 Å². The third-order valence-corrected chi connectivity index (χ3v) is 3.13. The standard InChI is InChI=1S/C10H18N4/c1-3-8(11)10-9-7(6-12-13-9)4-5-14(10)2/h6,8,10H,3-5,11H2,1-2H3,(H,12,13). The number of H-pyrrole nitrogens is 1. The molecule has 2 heterocycles. The van der Waals surface area contributed by atoms with Crippen molar-refractivity contribution in [1.29, 1.82) is 0 Å². The summed E-state index contributed by atoms with van der Waals surface area (Å²) in [5, 5.41) is 7.18. The van der Waals surface area contributed by atoms with E-state index in [0.717, 1.165) is 19.4 Å². The van der Waals surface area contributed by atoms with Gasteiger partial charge in [0, 0.05) is 12.6 Å². The maximum absolute atomic E-state index is 6.12. The molecule has 0 radical (unpaired) electrons. The second-order valence-corrected chi connectivity index (χ2v) is 4.06. The van der Waals surface area contributed by atoms with Gasteiger partial charge in [-0.25, -0.2) is 0 Å². The third kappa shape index (κ3) is 1.44. The molecule has 0 fully saturated rings. The normalized spacial score (nSPS) is 24.6. The zero-order valence-corrected chi connectivity index (χ0v) is 8.83. The van der Waals surface area contributed by atoms with E-state index < -0.39 is 0 Å². The fourth-order valence-corrected chi connectivity index (χ4v) is 2.20. The molecular weight excluding hydrogens is 176 g/mol. The van der Waals surface area contributed by atoms with Gasteiger partial charge in [-0.15, -0.1) is 0 Å². The lowest BCUT2D eigenvalue weighted by Gasteiger charge is -2.35. The first kappa shape index (κ1) is 9.68. The molecule has 0 bridgehead atoms. The summed E-state index contributed by atoms with van der Waals surface area (Å²) in [6.45, 7) is 3.20. The van der Waals surface area contributed by atoms with Crippen LogP contribution in [0.15, 0.2) is 6.20 Å². The Morgan fingerprint density at radius 3 is 3.29 bits per heavy atom. The second-order valence-electron chi connectivity index (χ2n) is 4.06. The van der Waals surface area contributed by atoms with Gasteiger partial charge >= 0.3 is 0 Å². The van der Waals surface area contributed by atoms with Crippen LogP contribution in [0.1, 0.15) is 30.6 Å². The van der Waals surface area contributed by atoms with Gasteiger partial charge in [-0.2, -0.15) is 5.10 Å². The molecule has 0 aliphatic carbocycles. The Balaban J connectivity index is 2.31. The van der Waals surface area contributed by atoms with E-state index in [-0.39, 0.29) is 6.04 Å². The SMILES string of the molecule is CCC(N)C1c2[nH]ncc2CCN1C. The van der Waals surface area contributed by atoms with Gasteiger partial charge < -0.3 is 5.73 Å². The van der Waals surface area contributed by atoms with Crippen LogP contribution in [0, 0.1) is 0 Å². The van der Waals surface area contributed by atoms with Gasteiger partial charge in [0.25, 0.3) is 0 Å². The minimum Gasteiger partial charge on any atom is -0.326 e. The Morgan fingerprint density at radius 2 is 2.57 bits per heavy atom. The fourth-order valence-electron chi connectivity index (χ4n) is 2.20. The first-order valence-electron chi connectivity index (χ1n) is 5.22. The van der Waals surface area contributed by atoms with Crippen molar-refractivity contribution >= 4 is 0 Å². The van der Waals surface area contributed by atoms with E-state index in [4.69, 9.17) is 5.73 Å². The van der Waals surface area contributed by atoms with E-state index in [1.54, 1.807) is 0 Å². The van der Waals surface area contributed by atoms with Crippen molar-refractivity contribution in [3.63, 3.8) is 0 Å². The summed E-state index contributed by atoms with van der Waals surface area (Å²) in [7, 11) is 2.13. The van der Waals surface area contributed by atoms with Crippen LogP contribution in [-0.2, 0) is 6.42 Å². The van der Waals surface area contributed by atoms with Crippen LogP contribution in [-0.4, -0.2) is 34.7 Å². The van der Waals surface area contributed by atoms with Crippen molar-refractivity contribution in [3.05, 3.63) is 17.5 Å². The van der Waals surface area contributed by atoms with E-state index >= 15 is 0 Å². The first-order chi connectivity index (χ1) is 6.74. The smallest absolute Gasteiger partial charge is 0.0668 e. The molecule has 2 unspecified atom stereocenters. The maximum atomic E-state index is 6.12. The Morgan fingerprint density at radius 1 is 1.79 bits per heavy atom. The van der Waals surface area contributed by atoms with Gasteiger partial charge in [-0.1, -0.05) is 6.92 Å². The molecule has 2 atom stereocenters. The molecule has 78 valence electrons. The minimum atomic E-state index is 0.194. The third-order valence-electron chi connectivity index (χ3n) is 3.13. The molecule has 1 aromatic rings. The fraction of sp³-hybridized carbons (Fsp3) is 0.700. The van der Waals surface area contributed by atoms with E-state index in [9.17, 15) is 0 Å². The highest BCUT2D eigenvalue weighted by molar-refractivity contribution is 5.24. The molecule has 1 aromatic heterocycles. The number of likely N-dealkylation sites (N-methyl/N-ethyl adjacent to an activating group) is 1. The molecule has 1 aliphatic heterocycles. The average molecular weight is 194 g/mol. The lowest BCUT2D eigenvalue weighted by atomic mass is 9.94. The van der Waals surface area contributed by atoms with Crippen LogP contribution < -0.4 is 5.73 Å². The van der Waals surface area contributed by atoms with Crippen LogP contribution in [0.25, 0.3) is 0 Å². The number of aromatic amines is 1. The van der Waals surface area contributed by atoms with Gasteiger partial charge in [-0.05, 0) is 25.5 Å². The molecule has 0 amide bonds. The number of hydrogen-bond acceptors (Lipinski definition) is 3. The summed E-state index contributed by atoms with van der Waals surface area (Å²) in [6.07, 6.45) is 4.00. The molecule has 0 spiro atoms. The molecule has 4 nitrogen and oxygen atoms in total. The van der Waals surface area contributed by atoms with Crippen LogP contribution in [0.4, 0.5) is 0 Å². The van der Waals surface area contributed by atoms with E-state index in [2.05, 4.69) is 29.1 Å². The van der Waals surface area contributed by atoms with Crippen LogP contribution in [0.3, 0.4) is 0 Å². The lowest BCUT2D eigenvalue weighted by molar-refractivity contribution is 0.193. The predicted molar refractivity (Wildman–Crippen MR) is 55.9 cm³/mol. The Kier molecular flexibility index (Phi) is 2.56. The summed E-state index contributed by atoms with van der Waals surface area (Å²) in [5.41, 5.74) is 8.67. The highest BCUT2D eigenvalue weighted by Gasteiger charge is 2.30. The number of fused-ring (bicyclic) bond motifs is 1. The number of aromatic nitrogens is 2. The Hall–Kier alpha value is -0.870. The molecule has 0 aromatic carbocycles. The maximum Gasteiger partial charge on any atom is 0.0668 e. The monoisotopic (exact) mass is 194 g/mol. The number of nitrogens with zero attached hydrogens (tertiary/aromatic N) is 2. The number of hydrogen-bond donors (Lipinski definition) is 2. The highest BCUT2D eigenvalue weighted by atomic mass is 15.2. The summed E-state index contributed by atoms with van der Waals surface area (Å²) < 4.78 is 0. The molecule has 1 aliphatic rings. The number of nitrogens with one attached hydrogen (secondary N) is 1. The van der Waals surface area contributed by atoms with Crippen LogP contribution >= 0.6 is 0 Å². The zero-order valence-electron chi connectivity index (χ0n) is 8.83. The summed E-state index contributed by atoms with van der Waals surface area (Å²) in [4.78, 5) is 2.31. The van der Waals surface area contributed by atoms with Gasteiger partial charge in [-0.3, -0.25) is 10.00 Å². The lowest BCUT2D eigenvalue weighted by Crippen LogP contribution is -2.42. The zero-order chi connectivity index (χ0) is 10.1. The molecular formula is C10H18N4. The average Bonchev–Trinajstić information content (AvgIpc) is 2.64. The molecule has 14 heavy (non-hydrogen) atoms. The Bertz CT molecular complexity index is 307. The number of nitrogens with two attached hydrogens (primary N) is 1. The van der Waals surface area contributed by atoms with Gasteiger partial charge in [0.2, 0.25) is 0 Å².